The number of hydrogen-bond donors (Lipinski definition) is 2. The zero-order chi connectivity index (χ0) is 13.0. The van der Waals surface area contributed by atoms with Gasteiger partial charge in [-0.2, -0.15) is 8.42 Å². The Hall–Kier alpha value is -1.99. The number of nitrogens with two attached hydrogens (primary N) is 1. The lowest BCUT2D eigenvalue weighted by atomic mass is 10.3. The van der Waals surface area contributed by atoms with Crippen molar-refractivity contribution >= 4 is 15.7 Å². The highest BCUT2D eigenvalue weighted by Crippen LogP contribution is 2.12. The Labute approximate surface area is 105 Å². The van der Waals surface area contributed by atoms with Gasteiger partial charge in [-0.1, -0.05) is 6.07 Å². The van der Waals surface area contributed by atoms with Crippen molar-refractivity contribution in [1.82, 2.24) is 9.97 Å². The second-order valence-electron chi connectivity index (χ2n) is 3.56. The third-order valence-electron chi connectivity index (χ3n) is 2.22. The number of sulfonamides is 1. The van der Waals surface area contributed by atoms with Gasteiger partial charge in [-0.25, -0.2) is 4.98 Å². The standard InChI is InChI=1S/C11H12N4O2S/c12-6-9-3-4-11(14-7-9)18(16,17)15-10-2-1-5-13-8-10/h1-5,7-8,15H,6,12H2. The molecule has 0 saturated heterocycles. The first kappa shape index (κ1) is 12.5. The Balaban J connectivity index is 2.25. The average Bonchev–Trinajstić information content (AvgIpc) is 2.39. The zero-order valence-corrected chi connectivity index (χ0v) is 10.3. The maximum absolute atomic E-state index is 12.0. The first-order valence-corrected chi connectivity index (χ1v) is 6.68. The van der Waals surface area contributed by atoms with E-state index >= 15 is 0 Å². The molecule has 94 valence electrons. The van der Waals surface area contributed by atoms with Crippen LogP contribution >= 0.6 is 0 Å². The number of rotatable bonds is 4. The highest BCUT2D eigenvalue weighted by molar-refractivity contribution is 7.92. The molecule has 3 N–H and O–H groups in total. The van der Waals surface area contributed by atoms with Crippen LogP contribution in [0.5, 0.6) is 0 Å². The van der Waals surface area contributed by atoms with E-state index in [1.807, 2.05) is 0 Å². The molecule has 7 heteroatoms. The van der Waals surface area contributed by atoms with Crippen molar-refractivity contribution in [1.29, 1.82) is 0 Å². The highest BCUT2D eigenvalue weighted by atomic mass is 32.2. The summed E-state index contributed by atoms with van der Waals surface area (Å²) in [7, 11) is -3.68. The number of pyridine rings is 2. The van der Waals surface area contributed by atoms with Crippen molar-refractivity contribution in [2.75, 3.05) is 4.72 Å². The van der Waals surface area contributed by atoms with Gasteiger partial charge in [0.15, 0.2) is 5.03 Å². The normalized spacial score (nSPS) is 11.2. The Morgan fingerprint density at radius 1 is 1.22 bits per heavy atom. The topological polar surface area (TPSA) is 98.0 Å². The van der Waals surface area contributed by atoms with Crippen LogP contribution in [0.15, 0.2) is 47.9 Å². The fraction of sp³-hybridized carbons (Fsp3) is 0.0909. The minimum atomic E-state index is -3.68. The molecule has 2 aromatic heterocycles. The first-order chi connectivity index (χ1) is 8.62. The third-order valence-corrected chi connectivity index (χ3v) is 3.52. The van der Waals surface area contributed by atoms with E-state index in [1.54, 1.807) is 24.4 Å². The van der Waals surface area contributed by atoms with E-state index in [4.69, 9.17) is 5.73 Å². The van der Waals surface area contributed by atoms with E-state index in [2.05, 4.69) is 14.7 Å². The maximum Gasteiger partial charge on any atom is 0.279 e. The maximum atomic E-state index is 12.0. The van der Waals surface area contributed by atoms with Gasteiger partial charge in [0.1, 0.15) is 0 Å². The van der Waals surface area contributed by atoms with Crippen molar-refractivity contribution in [3.63, 3.8) is 0 Å². The summed E-state index contributed by atoms with van der Waals surface area (Å²) >= 11 is 0. The molecule has 2 rings (SSSR count). The predicted molar refractivity (Wildman–Crippen MR) is 67.2 cm³/mol. The van der Waals surface area contributed by atoms with E-state index in [1.165, 1.54) is 18.5 Å². The van der Waals surface area contributed by atoms with E-state index in [0.717, 1.165) is 5.56 Å². The van der Waals surface area contributed by atoms with Crippen LogP contribution in [-0.2, 0) is 16.6 Å². The van der Waals surface area contributed by atoms with Gasteiger partial charge < -0.3 is 5.73 Å². The van der Waals surface area contributed by atoms with Crippen LogP contribution < -0.4 is 10.5 Å². The molecule has 0 radical (unpaired) electrons. The number of nitrogens with one attached hydrogen (secondary N) is 1. The number of aromatic nitrogens is 2. The molecular formula is C11H12N4O2S. The fourth-order valence-corrected chi connectivity index (χ4v) is 2.30. The van der Waals surface area contributed by atoms with Crippen molar-refractivity contribution in [2.24, 2.45) is 5.73 Å². The predicted octanol–water partition coefficient (Wildman–Crippen LogP) is 0.736. The third kappa shape index (κ3) is 2.82. The Bertz CT molecular complexity index is 611. The van der Waals surface area contributed by atoms with Crippen molar-refractivity contribution < 1.29 is 8.42 Å². The van der Waals surface area contributed by atoms with E-state index in [9.17, 15) is 8.42 Å². The molecule has 18 heavy (non-hydrogen) atoms. The van der Waals surface area contributed by atoms with Crippen LogP contribution in [0, 0.1) is 0 Å². The summed E-state index contributed by atoms with van der Waals surface area (Å²) in [5.41, 5.74) is 6.58. The van der Waals surface area contributed by atoms with Crippen molar-refractivity contribution in [2.45, 2.75) is 11.6 Å². The lowest BCUT2D eigenvalue weighted by Gasteiger charge is -2.06. The molecule has 0 fully saturated rings. The van der Waals surface area contributed by atoms with Gasteiger partial charge >= 0.3 is 0 Å². The van der Waals surface area contributed by atoms with Crippen LogP contribution in [-0.4, -0.2) is 18.4 Å². The lowest BCUT2D eigenvalue weighted by molar-refractivity contribution is 0.597. The summed E-state index contributed by atoms with van der Waals surface area (Å²) in [6.45, 7) is 0.323. The molecule has 6 nitrogen and oxygen atoms in total. The van der Waals surface area contributed by atoms with E-state index in [-0.39, 0.29) is 5.03 Å². The van der Waals surface area contributed by atoms with Gasteiger partial charge in [0.25, 0.3) is 10.0 Å². The largest absolute Gasteiger partial charge is 0.326 e. The second kappa shape index (κ2) is 5.11. The van der Waals surface area contributed by atoms with E-state index in [0.29, 0.717) is 12.2 Å². The Morgan fingerprint density at radius 3 is 2.61 bits per heavy atom. The van der Waals surface area contributed by atoms with Crippen LogP contribution in [0.3, 0.4) is 0 Å². The molecule has 0 amide bonds. The minimum Gasteiger partial charge on any atom is -0.326 e. The Morgan fingerprint density at radius 2 is 2.06 bits per heavy atom. The molecule has 0 unspecified atom stereocenters. The summed E-state index contributed by atoms with van der Waals surface area (Å²) in [6, 6.07) is 6.30. The van der Waals surface area contributed by atoms with Gasteiger partial charge in [-0.15, -0.1) is 0 Å². The highest BCUT2D eigenvalue weighted by Gasteiger charge is 2.15. The summed E-state index contributed by atoms with van der Waals surface area (Å²) < 4.78 is 26.3. The summed E-state index contributed by atoms with van der Waals surface area (Å²) in [4.78, 5) is 7.69. The molecule has 0 aliphatic carbocycles. The number of nitrogens with zero attached hydrogens (tertiary/aromatic N) is 2. The van der Waals surface area contributed by atoms with E-state index < -0.39 is 10.0 Å². The summed E-state index contributed by atoms with van der Waals surface area (Å²) in [5.74, 6) is 0. The number of anilines is 1. The van der Waals surface area contributed by atoms with Crippen LogP contribution in [0.25, 0.3) is 0 Å². The molecule has 0 aliphatic heterocycles. The molecule has 0 atom stereocenters. The molecule has 0 aromatic carbocycles. The van der Waals surface area contributed by atoms with Gasteiger partial charge in [0.2, 0.25) is 0 Å². The Kier molecular flexibility index (Phi) is 3.54. The van der Waals surface area contributed by atoms with Crippen LogP contribution in [0.4, 0.5) is 5.69 Å². The van der Waals surface area contributed by atoms with Gasteiger partial charge in [0.05, 0.1) is 11.9 Å². The lowest BCUT2D eigenvalue weighted by Crippen LogP contribution is -2.14. The monoisotopic (exact) mass is 264 g/mol. The minimum absolute atomic E-state index is 0.0523. The molecule has 0 bridgehead atoms. The molecule has 0 saturated carbocycles. The van der Waals surface area contributed by atoms with Crippen molar-refractivity contribution in [3.8, 4) is 0 Å². The van der Waals surface area contributed by atoms with Gasteiger partial charge in [-0.05, 0) is 23.8 Å². The molecule has 0 aliphatic rings. The average molecular weight is 264 g/mol. The quantitative estimate of drug-likeness (QED) is 0.848. The smallest absolute Gasteiger partial charge is 0.279 e. The van der Waals surface area contributed by atoms with Gasteiger partial charge in [-0.3, -0.25) is 9.71 Å². The summed E-state index contributed by atoms with van der Waals surface area (Å²) in [5, 5.41) is -0.0523. The van der Waals surface area contributed by atoms with Crippen molar-refractivity contribution in [3.05, 3.63) is 48.4 Å². The molecular weight excluding hydrogens is 252 g/mol. The molecule has 2 aromatic rings. The SMILES string of the molecule is NCc1ccc(S(=O)(=O)Nc2cccnc2)nc1. The van der Waals surface area contributed by atoms with Crippen LogP contribution in [0.1, 0.15) is 5.56 Å². The van der Waals surface area contributed by atoms with Gasteiger partial charge in [0, 0.05) is 18.9 Å². The molecule has 0 spiro atoms. The molecule has 2 heterocycles. The summed E-state index contributed by atoms with van der Waals surface area (Å²) in [6.07, 6.45) is 4.43. The fourth-order valence-electron chi connectivity index (χ4n) is 1.32. The second-order valence-corrected chi connectivity index (χ2v) is 5.19. The number of hydrogen-bond acceptors (Lipinski definition) is 5. The first-order valence-electron chi connectivity index (χ1n) is 5.19. The van der Waals surface area contributed by atoms with Crippen LogP contribution in [0.2, 0.25) is 0 Å². The zero-order valence-electron chi connectivity index (χ0n) is 9.45.